The van der Waals surface area contributed by atoms with Gasteiger partial charge in [-0.3, -0.25) is 23.7 Å². The lowest BCUT2D eigenvalue weighted by Crippen LogP contribution is -2.47. The Labute approximate surface area is 419 Å². The number of piperidine rings is 4. The van der Waals surface area contributed by atoms with Crippen LogP contribution in [0, 0.1) is 11.8 Å². The minimum atomic E-state index is -2.95. The molecule has 0 radical (unpaired) electrons. The number of aromatic nitrogens is 4. The summed E-state index contributed by atoms with van der Waals surface area (Å²) in [6, 6.07) is 15.6. The van der Waals surface area contributed by atoms with Crippen molar-refractivity contribution in [2.45, 2.75) is 127 Å². The quantitative estimate of drug-likeness (QED) is 0.143. The Morgan fingerprint density at radius 2 is 1.03 bits per heavy atom. The average molecular weight is 1030 g/mol. The highest BCUT2D eigenvalue weighted by Gasteiger charge is 2.45. The molecule has 4 aliphatic heterocycles. The summed E-state index contributed by atoms with van der Waals surface area (Å²) in [6.45, 7) is 2.04. The largest absolute Gasteiger partial charge is 0.476 e. The summed E-state index contributed by atoms with van der Waals surface area (Å²) >= 11 is 0. The predicted molar refractivity (Wildman–Crippen MR) is 255 cm³/mol. The topological polar surface area (TPSA) is 186 Å². The molecule has 10 rings (SSSR count). The van der Waals surface area contributed by atoms with Gasteiger partial charge in [-0.25, -0.2) is 31.1 Å². The Morgan fingerprint density at radius 1 is 0.589 bits per heavy atom. The van der Waals surface area contributed by atoms with E-state index >= 15 is 0 Å². The first-order chi connectivity index (χ1) is 34.9. The molecule has 6 aliphatic rings. The van der Waals surface area contributed by atoms with Crippen molar-refractivity contribution in [2.24, 2.45) is 11.8 Å². The Morgan fingerprint density at radius 3 is 1.45 bits per heavy atom. The van der Waals surface area contributed by atoms with Crippen LogP contribution in [-0.4, -0.2) is 150 Å². The maximum atomic E-state index is 15.0. The minimum Gasteiger partial charge on any atom is -0.476 e. The Kier molecular flexibility index (Phi) is 17.0. The van der Waals surface area contributed by atoms with E-state index in [0.717, 1.165) is 36.3 Å². The normalized spacial score (nSPS) is 22.7. The standard InChI is InChI=1S/C26H31F3N4O3.C21H23F2N3O3.C5H10FNO/c27-20-15-32(14-11-22(20)34)25(36)24-19-7-4-8-21(19)33(30-24)16-23(35)31-12-9-18(10-13-31)26(28,29)17-5-2-1-3-6-17;22-21(23,14-5-2-1-3-6-14)15-9-11-25(12-10-15)18(27)13-26-17-8-4-7-16(17)19(24-26)20(28)29;6-4-3-7-2-1-5(4)8/h1-3,5-6,18,20,22,34H,4,7-16H2;1-3,5-6,15H,4,7-13H2,(H,28,29);4-5,7-8H,1-3H2/t20-,22+;;4-,5+/m1.1/s1. The van der Waals surface area contributed by atoms with Crippen LogP contribution in [0.3, 0.4) is 0 Å². The maximum absolute atomic E-state index is 15.0. The minimum absolute atomic E-state index is 0.00127. The van der Waals surface area contributed by atoms with Crippen LogP contribution in [0.2, 0.25) is 0 Å². The van der Waals surface area contributed by atoms with Gasteiger partial charge >= 0.3 is 5.97 Å². The summed E-state index contributed by atoms with van der Waals surface area (Å²) in [5, 5.41) is 39.1. The number of hydrogen-bond donors (Lipinski definition) is 4. The second-order valence-corrected chi connectivity index (χ2v) is 19.9. The summed E-state index contributed by atoms with van der Waals surface area (Å²) in [6.07, 6.45) is 1.67. The number of carbonyl (C=O) groups is 4. The second-order valence-electron chi connectivity index (χ2n) is 19.9. The van der Waals surface area contributed by atoms with Gasteiger partial charge in [0.25, 0.3) is 17.8 Å². The van der Waals surface area contributed by atoms with E-state index in [1.807, 2.05) is 0 Å². The number of aliphatic hydroxyl groups excluding tert-OH is 2. The molecule has 73 heavy (non-hydrogen) atoms. The molecule has 15 nitrogen and oxygen atoms in total. The molecule has 0 bridgehead atoms. The second kappa shape index (κ2) is 23.2. The SMILES string of the molecule is O=C(Cn1nc(C(=O)N2CC[C@H](O)[C@H](F)C2)c2c1CCC2)N1CCC(C(F)(F)c2ccccc2)CC1.O=C(O)c1nn(CC(=O)N2CCC(C(F)(F)c3ccccc3)CC2)c2c1CCC2.O[C@H]1CCNC[C@H]1F. The number of carbonyl (C=O) groups excluding carboxylic acids is 3. The van der Waals surface area contributed by atoms with Crippen LogP contribution in [-0.2, 0) is 60.2 Å². The van der Waals surface area contributed by atoms with Crippen molar-refractivity contribution in [3.63, 3.8) is 0 Å². The predicted octanol–water partition coefficient (Wildman–Crippen LogP) is 5.73. The van der Waals surface area contributed by atoms with Gasteiger partial charge in [-0.15, -0.1) is 0 Å². The fourth-order valence-electron chi connectivity index (χ4n) is 10.9. The molecule has 4 N–H and O–H groups in total. The third-order valence-corrected chi connectivity index (χ3v) is 15.2. The molecular weight excluding hydrogens is 963 g/mol. The number of alkyl halides is 6. The van der Waals surface area contributed by atoms with E-state index in [2.05, 4.69) is 15.5 Å². The smallest absolute Gasteiger partial charge is 0.356 e. The van der Waals surface area contributed by atoms with Gasteiger partial charge < -0.3 is 35.3 Å². The zero-order valence-corrected chi connectivity index (χ0v) is 40.7. The zero-order valence-electron chi connectivity index (χ0n) is 40.7. The number of aromatic carboxylic acids is 1. The molecule has 0 saturated carbocycles. The maximum Gasteiger partial charge on any atom is 0.356 e. The van der Waals surface area contributed by atoms with Crippen LogP contribution in [0.5, 0.6) is 0 Å². The fraction of sp³-hybridized carbons (Fsp3) is 0.577. The van der Waals surface area contributed by atoms with E-state index in [0.29, 0.717) is 44.2 Å². The fourth-order valence-corrected chi connectivity index (χ4v) is 10.9. The Hall–Kier alpha value is -5.80. The number of nitrogens with zero attached hydrogens (tertiary/aromatic N) is 7. The third-order valence-electron chi connectivity index (χ3n) is 15.2. The molecule has 2 aliphatic carbocycles. The van der Waals surface area contributed by atoms with Gasteiger partial charge in [-0.1, -0.05) is 60.7 Å². The van der Waals surface area contributed by atoms with Crippen molar-refractivity contribution in [1.82, 2.24) is 39.6 Å². The van der Waals surface area contributed by atoms with E-state index < -0.39 is 54.2 Å². The number of likely N-dealkylation sites (tertiary alicyclic amines) is 3. The number of rotatable bonds is 10. The summed E-state index contributed by atoms with van der Waals surface area (Å²) in [5.41, 5.74) is 3.44. The lowest BCUT2D eigenvalue weighted by atomic mass is 9.86. The highest BCUT2D eigenvalue weighted by Crippen LogP contribution is 2.43. The Bertz CT molecular complexity index is 2540. The highest BCUT2D eigenvalue weighted by molar-refractivity contribution is 5.94. The van der Waals surface area contributed by atoms with Crippen molar-refractivity contribution in [3.05, 3.63) is 106 Å². The first-order valence-corrected chi connectivity index (χ1v) is 25.4. The third kappa shape index (κ3) is 12.1. The number of carboxylic acid groups (broad SMARTS) is 1. The van der Waals surface area contributed by atoms with E-state index in [-0.39, 0.29) is 125 Å². The summed E-state index contributed by atoms with van der Waals surface area (Å²) in [4.78, 5) is 54.8. The Balaban J connectivity index is 0.000000172. The lowest BCUT2D eigenvalue weighted by Gasteiger charge is -2.36. The van der Waals surface area contributed by atoms with Crippen LogP contribution < -0.4 is 5.32 Å². The number of benzene rings is 2. The van der Waals surface area contributed by atoms with Gasteiger partial charge in [0, 0.05) is 84.7 Å². The van der Waals surface area contributed by atoms with Crippen molar-refractivity contribution >= 4 is 23.7 Å². The van der Waals surface area contributed by atoms with Gasteiger partial charge in [0.2, 0.25) is 11.8 Å². The zero-order chi connectivity index (χ0) is 52.0. The van der Waals surface area contributed by atoms with Crippen LogP contribution in [0.4, 0.5) is 26.3 Å². The van der Waals surface area contributed by atoms with Gasteiger partial charge in [-0.05, 0) is 83.6 Å². The molecule has 4 saturated heterocycles. The van der Waals surface area contributed by atoms with Crippen LogP contribution >= 0.6 is 0 Å². The molecule has 4 aromatic rings. The molecule has 3 amide bonds. The number of nitrogens with one attached hydrogen (secondary N) is 1. The summed E-state index contributed by atoms with van der Waals surface area (Å²) < 4.78 is 88.8. The molecule has 6 heterocycles. The van der Waals surface area contributed by atoms with Gasteiger partial charge in [-0.2, -0.15) is 10.2 Å². The molecule has 4 fully saturated rings. The summed E-state index contributed by atoms with van der Waals surface area (Å²) in [7, 11) is 0. The molecule has 21 heteroatoms. The molecule has 2 aromatic heterocycles. The van der Waals surface area contributed by atoms with Gasteiger partial charge in [0.15, 0.2) is 11.4 Å². The summed E-state index contributed by atoms with van der Waals surface area (Å²) in [5.74, 6) is -9.38. The van der Waals surface area contributed by atoms with E-state index in [1.54, 1.807) is 50.9 Å². The van der Waals surface area contributed by atoms with Crippen LogP contribution in [0.25, 0.3) is 0 Å². The van der Waals surface area contributed by atoms with Gasteiger partial charge in [0.05, 0.1) is 18.8 Å². The molecule has 2 aromatic carbocycles. The monoisotopic (exact) mass is 1030 g/mol. The van der Waals surface area contributed by atoms with E-state index in [4.69, 9.17) is 5.11 Å². The van der Waals surface area contributed by atoms with Crippen molar-refractivity contribution in [2.75, 3.05) is 52.4 Å². The first kappa shape index (κ1) is 53.5. The number of carboxylic acids is 1. The number of aliphatic hydroxyl groups is 2. The molecular formula is C52H64F6N8O7. The lowest BCUT2D eigenvalue weighted by molar-refractivity contribution is -0.138. The molecule has 0 spiro atoms. The number of halogens is 6. The van der Waals surface area contributed by atoms with Crippen LogP contribution in [0.15, 0.2) is 60.7 Å². The molecule has 4 atom stereocenters. The number of fused-ring (bicyclic) bond motifs is 2. The van der Waals surface area contributed by atoms with Crippen molar-refractivity contribution in [3.8, 4) is 0 Å². The molecule has 396 valence electrons. The van der Waals surface area contributed by atoms with E-state index in [1.165, 1.54) is 33.8 Å². The highest BCUT2D eigenvalue weighted by atomic mass is 19.3. The van der Waals surface area contributed by atoms with E-state index in [9.17, 15) is 55.7 Å². The first-order valence-electron chi connectivity index (χ1n) is 25.4. The number of amides is 3. The van der Waals surface area contributed by atoms with Crippen molar-refractivity contribution < 1.29 is 60.8 Å². The molecule has 0 unspecified atom stereocenters. The van der Waals surface area contributed by atoms with Gasteiger partial charge in [0.1, 0.15) is 25.4 Å². The number of hydrogen-bond acceptors (Lipinski definition) is 9. The average Bonchev–Trinajstić information content (AvgIpc) is 4.22. The van der Waals surface area contributed by atoms with Crippen LogP contribution in [0.1, 0.15) is 106 Å². The van der Waals surface area contributed by atoms with Crippen molar-refractivity contribution in [1.29, 1.82) is 0 Å².